The zero-order valence-corrected chi connectivity index (χ0v) is 9.31. The van der Waals surface area contributed by atoms with Crippen LogP contribution in [0.2, 0.25) is 0 Å². The fourth-order valence-corrected chi connectivity index (χ4v) is 1.95. The van der Waals surface area contributed by atoms with Crippen molar-refractivity contribution in [3.63, 3.8) is 0 Å². The van der Waals surface area contributed by atoms with E-state index in [4.69, 9.17) is 0 Å². The van der Waals surface area contributed by atoms with E-state index < -0.39 is 23.6 Å². The van der Waals surface area contributed by atoms with Crippen molar-refractivity contribution >= 4 is 0 Å². The van der Waals surface area contributed by atoms with E-state index in [1.807, 2.05) is 0 Å². The summed E-state index contributed by atoms with van der Waals surface area (Å²) in [5.74, 6) is -0.481. The van der Waals surface area contributed by atoms with Crippen LogP contribution >= 0.6 is 0 Å². The van der Waals surface area contributed by atoms with E-state index in [0.717, 1.165) is 0 Å². The molecule has 0 heterocycles. The predicted octanol–water partition coefficient (Wildman–Crippen LogP) is 3.57. The summed E-state index contributed by atoms with van der Waals surface area (Å²) in [5.41, 5.74) is -1.54. The van der Waals surface area contributed by atoms with Gasteiger partial charge in [0.15, 0.2) is 0 Å². The molecule has 1 unspecified atom stereocenters. The molecular formula is C12H13F4N. The second kappa shape index (κ2) is 3.98. The van der Waals surface area contributed by atoms with Crippen LogP contribution < -0.4 is 5.32 Å². The van der Waals surface area contributed by atoms with Gasteiger partial charge in [0.1, 0.15) is 11.4 Å². The summed E-state index contributed by atoms with van der Waals surface area (Å²) in [6.07, 6.45) is -4.14. The zero-order chi connectivity index (χ0) is 12.7. The van der Waals surface area contributed by atoms with Gasteiger partial charge in [-0.3, -0.25) is 5.32 Å². The molecule has 1 N–H and O–H groups in total. The molecule has 0 radical (unpaired) electrons. The first kappa shape index (κ1) is 12.4. The number of alkyl halides is 3. The Morgan fingerprint density at radius 2 is 1.82 bits per heavy atom. The highest BCUT2D eigenvalue weighted by atomic mass is 19.4. The summed E-state index contributed by atoms with van der Waals surface area (Å²) in [5, 5.41) is 2.50. The van der Waals surface area contributed by atoms with Crippen LogP contribution in [0, 0.1) is 5.82 Å². The Morgan fingerprint density at radius 1 is 1.24 bits per heavy atom. The molecule has 0 amide bonds. The van der Waals surface area contributed by atoms with Gasteiger partial charge in [0, 0.05) is 11.6 Å². The maximum absolute atomic E-state index is 13.4. The minimum atomic E-state index is -4.27. The van der Waals surface area contributed by atoms with Crippen molar-refractivity contribution in [2.24, 2.45) is 0 Å². The molecule has 0 aliphatic heterocycles. The summed E-state index contributed by atoms with van der Waals surface area (Å²) < 4.78 is 51.6. The van der Waals surface area contributed by atoms with Gasteiger partial charge in [-0.1, -0.05) is 18.2 Å². The van der Waals surface area contributed by atoms with Crippen LogP contribution in [0.1, 0.15) is 31.4 Å². The van der Waals surface area contributed by atoms with Gasteiger partial charge in [-0.05, 0) is 25.8 Å². The van der Waals surface area contributed by atoms with Crippen LogP contribution in [0.15, 0.2) is 24.3 Å². The minimum Gasteiger partial charge on any atom is -0.297 e. The van der Waals surface area contributed by atoms with Crippen molar-refractivity contribution in [2.45, 2.75) is 37.5 Å². The lowest BCUT2D eigenvalue weighted by Crippen LogP contribution is -2.46. The Hall–Kier alpha value is -1.10. The van der Waals surface area contributed by atoms with Crippen LogP contribution in [0.3, 0.4) is 0 Å². The third-order valence-corrected chi connectivity index (χ3v) is 3.16. The topological polar surface area (TPSA) is 12.0 Å². The normalized spacial score (nSPS) is 20.1. The SMILES string of the molecule is CC(NC1(C(F)(F)F)CC1)c1ccccc1F. The molecule has 1 aliphatic carbocycles. The molecular weight excluding hydrogens is 234 g/mol. The minimum absolute atomic E-state index is 0.0648. The standard InChI is InChI=1S/C12H13F4N/c1-8(9-4-2-3-5-10(9)13)17-11(6-7-11)12(14,15)16/h2-5,8,17H,6-7H2,1H3. The van der Waals surface area contributed by atoms with Gasteiger partial charge in [0.25, 0.3) is 0 Å². The van der Waals surface area contributed by atoms with Crippen molar-refractivity contribution < 1.29 is 17.6 Å². The second-order valence-corrected chi connectivity index (χ2v) is 4.47. The van der Waals surface area contributed by atoms with Crippen LogP contribution in [0.4, 0.5) is 17.6 Å². The maximum atomic E-state index is 13.4. The molecule has 1 aliphatic rings. The van der Waals surface area contributed by atoms with E-state index in [1.54, 1.807) is 13.0 Å². The lowest BCUT2D eigenvalue weighted by atomic mass is 10.1. The van der Waals surface area contributed by atoms with Crippen LogP contribution in [-0.4, -0.2) is 11.7 Å². The molecule has 1 aromatic rings. The molecule has 94 valence electrons. The molecule has 0 aromatic heterocycles. The Morgan fingerprint density at radius 3 is 2.29 bits per heavy atom. The summed E-state index contributed by atoms with van der Waals surface area (Å²) >= 11 is 0. The van der Waals surface area contributed by atoms with E-state index in [9.17, 15) is 17.6 Å². The monoisotopic (exact) mass is 247 g/mol. The Labute approximate surface area is 96.8 Å². The first-order valence-corrected chi connectivity index (χ1v) is 5.45. The lowest BCUT2D eigenvalue weighted by molar-refractivity contribution is -0.167. The number of hydrogen-bond acceptors (Lipinski definition) is 1. The lowest BCUT2D eigenvalue weighted by Gasteiger charge is -2.25. The first-order chi connectivity index (χ1) is 7.86. The number of hydrogen-bond donors (Lipinski definition) is 1. The molecule has 0 bridgehead atoms. The molecule has 1 fully saturated rings. The van der Waals surface area contributed by atoms with Crippen molar-refractivity contribution in [2.75, 3.05) is 0 Å². The first-order valence-electron chi connectivity index (χ1n) is 5.45. The molecule has 5 heteroatoms. The summed E-state index contributed by atoms with van der Waals surface area (Å²) in [7, 11) is 0. The van der Waals surface area contributed by atoms with Gasteiger partial charge in [0.2, 0.25) is 0 Å². The Balaban J connectivity index is 2.13. The van der Waals surface area contributed by atoms with Gasteiger partial charge in [-0.2, -0.15) is 13.2 Å². The van der Waals surface area contributed by atoms with Crippen LogP contribution in [0.5, 0.6) is 0 Å². The third kappa shape index (κ3) is 2.29. The highest BCUT2D eigenvalue weighted by Crippen LogP contribution is 2.50. The van der Waals surface area contributed by atoms with Gasteiger partial charge in [-0.25, -0.2) is 4.39 Å². The molecule has 0 saturated heterocycles. The fourth-order valence-electron chi connectivity index (χ4n) is 1.95. The largest absolute Gasteiger partial charge is 0.406 e. The van der Waals surface area contributed by atoms with Crippen molar-refractivity contribution in [3.8, 4) is 0 Å². The third-order valence-electron chi connectivity index (χ3n) is 3.16. The fraction of sp³-hybridized carbons (Fsp3) is 0.500. The molecule has 2 rings (SSSR count). The molecule has 1 saturated carbocycles. The quantitative estimate of drug-likeness (QED) is 0.805. The molecule has 17 heavy (non-hydrogen) atoms. The van der Waals surface area contributed by atoms with Gasteiger partial charge in [0.05, 0.1) is 0 Å². The number of halogens is 4. The van der Waals surface area contributed by atoms with Gasteiger partial charge < -0.3 is 0 Å². The van der Waals surface area contributed by atoms with E-state index in [-0.39, 0.29) is 18.4 Å². The average molecular weight is 247 g/mol. The average Bonchev–Trinajstić information content (AvgIpc) is 2.98. The maximum Gasteiger partial charge on any atom is 0.406 e. The summed E-state index contributed by atoms with van der Waals surface area (Å²) in [6, 6.07) is 5.23. The van der Waals surface area contributed by atoms with Crippen LogP contribution in [0.25, 0.3) is 0 Å². The van der Waals surface area contributed by atoms with Crippen molar-refractivity contribution in [1.82, 2.24) is 5.32 Å². The van der Waals surface area contributed by atoms with Crippen LogP contribution in [-0.2, 0) is 0 Å². The van der Waals surface area contributed by atoms with E-state index in [2.05, 4.69) is 5.32 Å². The Bertz CT molecular complexity index is 409. The molecule has 1 nitrogen and oxygen atoms in total. The molecule has 1 atom stereocenters. The number of nitrogens with one attached hydrogen (secondary N) is 1. The highest BCUT2D eigenvalue weighted by Gasteiger charge is 2.63. The smallest absolute Gasteiger partial charge is 0.297 e. The van der Waals surface area contributed by atoms with Crippen molar-refractivity contribution in [1.29, 1.82) is 0 Å². The van der Waals surface area contributed by atoms with Crippen molar-refractivity contribution in [3.05, 3.63) is 35.6 Å². The zero-order valence-electron chi connectivity index (χ0n) is 9.31. The summed E-state index contributed by atoms with van der Waals surface area (Å²) in [6.45, 7) is 1.55. The van der Waals surface area contributed by atoms with E-state index in [0.29, 0.717) is 0 Å². The van der Waals surface area contributed by atoms with Gasteiger partial charge >= 0.3 is 6.18 Å². The molecule has 0 spiro atoms. The number of benzene rings is 1. The number of rotatable bonds is 3. The van der Waals surface area contributed by atoms with E-state index >= 15 is 0 Å². The molecule has 1 aromatic carbocycles. The Kier molecular flexibility index (Phi) is 2.89. The second-order valence-electron chi connectivity index (χ2n) is 4.47. The van der Waals surface area contributed by atoms with E-state index in [1.165, 1.54) is 18.2 Å². The highest BCUT2D eigenvalue weighted by molar-refractivity contribution is 5.22. The predicted molar refractivity (Wildman–Crippen MR) is 56.0 cm³/mol. The summed E-state index contributed by atoms with van der Waals surface area (Å²) in [4.78, 5) is 0. The van der Waals surface area contributed by atoms with Gasteiger partial charge in [-0.15, -0.1) is 0 Å².